The number of esters is 1. The van der Waals surface area contributed by atoms with Crippen molar-refractivity contribution in [3.05, 3.63) is 12.2 Å². The van der Waals surface area contributed by atoms with E-state index in [4.69, 9.17) is 9.47 Å². The first-order valence-electron chi connectivity index (χ1n) is 7.86. The van der Waals surface area contributed by atoms with E-state index in [1.54, 1.807) is 0 Å². The zero-order valence-corrected chi connectivity index (χ0v) is 12.6. The van der Waals surface area contributed by atoms with Crippen LogP contribution in [0.4, 0.5) is 13.2 Å². The second-order valence-electron chi connectivity index (χ2n) is 6.98. The van der Waals surface area contributed by atoms with Gasteiger partial charge in [0.2, 0.25) is 6.29 Å². The summed E-state index contributed by atoms with van der Waals surface area (Å²) < 4.78 is 47.8. The molecule has 0 saturated heterocycles. The smallest absolute Gasteiger partial charge is 0.422 e. The fraction of sp³-hybridized carbons (Fsp3) is 0.812. The van der Waals surface area contributed by atoms with Crippen molar-refractivity contribution < 1.29 is 27.4 Å². The van der Waals surface area contributed by atoms with Crippen molar-refractivity contribution in [3.63, 3.8) is 0 Å². The summed E-state index contributed by atoms with van der Waals surface area (Å²) in [5.74, 6) is 1.03. The zero-order valence-electron chi connectivity index (χ0n) is 12.6. The Hall–Kier alpha value is -1.04. The molecule has 0 aromatic heterocycles. The lowest BCUT2D eigenvalue weighted by atomic mass is 9.55. The van der Waals surface area contributed by atoms with E-state index in [0.29, 0.717) is 11.8 Å². The van der Waals surface area contributed by atoms with E-state index in [0.717, 1.165) is 37.5 Å². The van der Waals surface area contributed by atoms with E-state index in [1.165, 1.54) is 13.3 Å². The quantitative estimate of drug-likeness (QED) is 0.449. The summed E-state index contributed by atoms with van der Waals surface area (Å²) in [6.07, 6.45) is 0.112. The predicted molar refractivity (Wildman–Crippen MR) is 72.7 cm³/mol. The predicted octanol–water partition coefficient (Wildman–Crippen LogP) is 3.84. The molecule has 4 rings (SSSR count). The van der Waals surface area contributed by atoms with E-state index in [2.05, 4.69) is 6.58 Å². The van der Waals surface area contributed by atoms with Gasteiger partial charge in [0.1, 0.15) is 5.57 Å². The van der Waals surface area contributed by atoms with Gasteiger partial charge < -0.3 is 9.47 Å². The Labute approximate surface area is 127 Å². The molecule has 0 N–H and O–H groups in total. The number of alkyl halides is 3. The van der Waals surface area contributed by atoms with Gasteiger partial charge in [-0.3, -0.25) is 0 Å². The van der Waals surface area contributed by atoms with Crippen LogP contribution in [0.25, 0.3) is 0 Å². The third kappa shape index (κ3) is 3.03. The maximum Gasteiger partial charge on any atom is 0.422 e. The van der Waals surface area contributed by atoms with Crippen LogP contribution in [0.15, 0.2) is 12.2 Å². The zero-order chi connectivity index (χ0) is 16.1. The van der Waals surface area contributed by atoms with Crippen molar-refractivity contribution in [1.29, 1.82) is 0 Å². The molecule has 4 fully saturated rings. The average molecular weight is 318 g/mol. The van der Waals surface area contributed by atoms with E-state index >= 15 is 0 Å². The first kappa shape index (κ1) is 15.8. The van der Waals surface area contributed by atoms with Crippen LogP contribution in [0.3, 0.4) is 0 Å². The standard InChI is InChI=1S/C16H21F3O3/c1-8(16(17,18)19)15(20)22-9(2)21-14-12-4-10-3-11(6-12)7-13(14)5-10/h9-14H,1,3-7H2,2H3. The molecule has 0 aliphatic heterocycles. The van der Waals surface area contributed by atoms with Gasteiger partial charge in [-0.2, -0.15) is 13.2 Å². The SMILES string of the molecule is C=C(C(=O)OC(C)OC1C2CC3CC(C2)CC1C3)C(F)(F)F. The van der Waals surface area contributed by atoms with E-state index < -0.39 is 24.0 Å². The third-order valence-electron chi connectivity index (χ3n) is 5.35. The van der Waals surface area contributed by atoms with Crippen LogP contribution in [0.2, 0.25) is 0 Å². The molecule has 4 aliphatic rings. The highest BCUT2D eigenvalue weighted by molar-refractivity contribution is 5.89. The highest BCUT2D eigenvalue weighted by atomic mass is 19.4. The molecule has 0 amide bonds. The molecule has 0 heterocycles. The summed E-state index contributed by atoms with van der Waals surface area (Å²) in [4.78, 5) is 11.4. The van der Waals surface area contributed by atoms with Crippen molar-refractivity contribution in [1.82, 2.24) is 0 Å². The van der Waals surface area contributed by atoms with Gasteiger partial charge in [-0.05, 0) is 62.7 Å². The molecule has 6 heteroatoms. The molecular weight excluding hydrogens is 297 g/mol. The Balaban J connectivity index is 1.55. The highest BCUT2D eigenvalue weighted by Gasteiger charge is 2.49. The Morgan fingerprint density at radius 3 is 2.05 bits per heavy atom. The minimum atomic E-state index is -4.76. The van der Waals surface area contributed by atoms with Crippen LogP contribution in [0.5, 0.6) is 0 Å². The van der Waals surface area contributed by atoms with Crippen LogP contribution in [0.1, 0.15) is 39.0 Å². The maximum absolute atomic E-state index is 12.4. The first-order valence-corrected chi connectivity index (χ1v) is 7.86. The second-order valence-corrected chi connectivity index (χ2v) is 6.98. The monoisotopic (exact) mass is 318 g/mol. The largest absolute Gasteiger partial charge is 0.432 e. The summed E-state index contributed by atoms with van der Waals surface area (Å²) in [5, 5.41) is 0. The van der Waals surface area contributed by atoms with Gasteiger partial charge in [-0.15, -0.1) is 0 Å². The summed E-state index contributed by atoms with van der Waals surface area (Å²) in [5.41, 5.74) is -1.49. The van der Waals surface area contributed by atoms with Crippen molar-refractivity contribution in [2.45, 2.75) is 57.6 Å². The molecule has 4 aliphatic carbocycles. The second kappa shape index (κ2) is 5.55. The molecule has 22 heavy (non-hydrogen) atoms. The number of carbonyl (C=O) groups excluding carboxylic acids is 1. The van der Waals surface area contributed by atoms with E-state index in [9.17, 15) is 18.0 Å². The normalized spacial score (nSPS) is 37.9. The summed E-state index contributed by atoms with van der Waals surface area (Å²) in [6, 6.07) is 0. The number of carbonyl (C=O) groups is 1. The highest BCUT2D eigenvalue weighted by Crippen LogP contribution is 2.54. The van der Waals surface area contributed by atoms with Crippen molar-refractivity contribution in [2.24, 2.45) is 23.7 Å². The Kier molecular flexibility index (Phi) is 4.00. The number of rotatable bonds is 4. The topological polar surface area (TPSA) is 35.5 Å². The fourth-order valence-corrected chi connectivity index (χ4v) is 4.68. The molecule has 4 saturated carbocycles. The lowest BCUT2D eigenvalue weighted by Crippen LogP contribution is -2.50. The fourth-order valence-electron chi connectivity index (χ4n) is 4.68. The summed E-state index contributed by atoms with van der Waals surface area (Å²) >= 11 is 0. The third-order valence-corrected chi connectivity index (χ3v) is 5.35. The Bertz CT molecular complexity index is 444. The molecule has 1 unspecified atom stereocenters. The average Bonchev–Trinajstić information content (AvgIpc) is 2.40. The van der Waals surface area contributed by atoms with Gasteiger partial charge in [-0.25, -0.2) is 4.79 Å². The number of hydrogen-bond donors (Lipinski definition) is 0. The van der Waals surface area contributed by atoms with Crippen LogP contribution in [-0.4, -0.2) is 24.5 Å². The molecule has 3 nitrogen and oxygen atoms in total. The van der Waals surface area contributed by atoms with Gasteiger partial charge in [0.15, 0.2) is 0 Å². The molecule has 0 aromatic carbocycles. The van der Waals surface area contributed by atoms with Gasteiger partial charge in [-0.1, -0.05) is 6.58 Å². The first-order chi connectivity index (χ1) is 10.2. The molecule has 1 atom stereocenters. The number of ether oxygens (including phenoxy) is 2. The van der Waals surface area contributed by atoms with E-state index in [1.807, 2.05) is 0 Å². The Morgan fingerprint density at radius 2 is 1.59 bits per heavy atom. The molecule has 4 bridgehead atoms. The lowest BCUT2D eigenvalue weighted by molar-refractivity contribution is -0.219. The van der Waals surface area contributed by atoms with Crippen molar-refractivity contribution in [2.75, 3.05) is 0 Å². The minimum Gasteiger partial charge on any atom is -0.432 e. The van der Waals surface area contributed by atoms with Gasteiger partial charge >= 0.3 is 12.1 Å². The Morgan fingerprint density at radius 1 is 1.09 bits per heavy atom. The van der Waals surface area contributed by atoms with Crippen LogP contribution < -0.4 is 0 Å². The summed E-state index contributed by atoms with van der Waals surface area (Å²) in [7, 11) is 0. The van der Waals surface area contributed by atoms with Gasteiger partial charge in [0, 0.05) is 0 Å². The number of halogens is 3. The van der Waals surface area contributed by atoms with Crippen LogP contribution in [0, 0.1) is 23.7 Å². The minimum absolute atomic E-state index is 0.00903. The summed E-state index contributed by atoms with van der Waals surface area (Å²) in [6.45, 7) is 4.22. The van der Waals surface area contributed by atoms with Crippen molar-refractivity contribution in [3.8, 4) is 0 Å². The van der Waals surface area contributed by atoms with Crippen LogP contribution in [-0.2, 0) is 14.3 Å². The maximum atomic E-state index is 12.4. The molecule has 0 spiro atoms. The lowest BCUT2D eigenvalue weighted by Gasteiger charge is -2.54. The molecular formula is C16H21F3O3. The van der Waals surface area contributed by atoms with Gasteiger partial charge in [0.05, 0.1) is 6.10 Å². The number of hydrogen-bond acceptors (Lipinski definition) is 3. The molecule has 0 radical (unpaired) electrons. The van der Waals surface area contributed by atoms with Gasteiger partial charge in [0.25, 0.3) is 0 Å². The molecule has 124 valence electrons. The van der Waals surface area contributed by atoms with Crippen LogP contribution >= 0.6 is 0 Å². The molecule has 0 aromatic rings. The van der Waals surface area contributed by atoms with E-state index in [-0.39, 0.29) is 6.10 Å². The van der Waals surface area contributed by atoms with Crippen molar-refractivity contribution >= 4 is 5.97 Å².